The highest BCUT2D eigenvalue weighted by atomic mass is 32.2. The minimum absolute atomic E-state index is 0.259. The van der Waals surface area contributed by atoms with Crippen LogP contribution in [0.3, 0.4) is 0 Å². The lowest BCUT2D eigenvalue weighted by atomic mass is 10.0. The molecule has 2 aromatic rings. The number of carbonyl (C=O) groups is 1. The Hall–Kier alpha value is -1.65. The Labute approximate surface area is 164 Å². The second-order valence-electron chi connectivity index (χ2n) is 6.57. The maximum Gasteiger partial charge on any atom is 0.280 e. The summed E-state index contributed by atoms with van der Waals surface area (Å²) in [6.07, 6.45) is 2.46. The number of carbonyl (C=O) groups excluding carboxylic acids is 1. The molecular weight excluding hydrogens is 384 g/mol. The lowest BCUT2D eigenvalue weighted by Gasteiger charge is -2.24. The zero-order valence-electron chi connectivity index (χ0n) is 15.2. The Balaban J connectivity index is 1.80. The van der Waals surface area contributed by atoms with Crippen LogP contribution in [0.5, 0.6) is 0 Å². The van der Waals surface area contributed by atoms with Gasteiger partial charge >= 0.3 is 0 Å². The van der Waals surface area contributed by atoms with Gasteiger partial charge in [-0.2, -0.15) is 17.4 Å². The summed E-state index contributed by atoms with van der Waals surface area (Å²) in [7, 11) is -1.81. The van der Waals surface area contributed by atoms with Crippen LogP contribution in [-0.4, -0.2) is 67.7 Å². The molecule has 2 heterocycles. The van der Waals surface area contributed by atoms with Crippen molar-refractivity contribution < 1.29 is 13.2 Å². The van der Waals surface area contributed by atoms with Crippen molar-refractivity contribution in [2.24, 2.45) is 0 Å². The molecule has 0 saturated carbocycles. The lowest BCUT2D eigenvalue weighted by molar-refractivity contribution is 0.0951. The number of hydrogen-bond donors (Lipinski definition) is 1. The maximum atomic E-state index is 12.9. The van der Waals surface area contributed by atoms with Gasteiger partial charge in [-0.15, -0.1) is 11.3 Å². The number of hydrogen-bond acceptors (Lipinski definition) is 6. The topological polar surface area (TPSA) is 82.6 Å². The molecule has 0 unspecified atom stereocenters. The minimum Gasteiger partial charge on any atom is -0.305 e. The SMILES string of the molecule is CN1CCCN(S(=O)(=O)N[C@@H](Cc2ccccc2)C(=O)c2nc[c]s2)CC1. The zero-order chi connectivity index (χ0) is 19.3. The molecule has 0 bridgehead atoms. The zero-order valence-corrected chi connectivity index (χ0v) is 16.8. The van der Waals surface area contributed by atoms with Crippen molar-refractivity contribution in [1.29, 1.82) is 0 Å². The first-order chi connectivity index (χ1) is 13.0. The van der Waals surface area contributed by atoms with Gasteiger partial charge in [0.05, 0.1) is 11.4 Å². The van der Waals surface area contributed by atoms with Gasteiger partial charge in [0.2, 0.25) is 5.78 Å². The Kier molecular flexibility index (Phi) is 6.72. The highest BCUT2D eigenvalue weighted by Gasteiger charge is 2.31. The lowest BCUT2D eigenvalue weighted by Crippen LogP contribution is -2.50. The molecule has 1 N–H and O–H groups in total. The van der Waals surface area contributed by atoms with E-state index < -0.39 is 16.3 Å². The summed E-state index contributed by atoms with van der Waals surface area (Å²) in [6, 6.07) is 8.47. The first-order valence-electron chi connectivity index (χ1n) is 8.81. The number of likely N-dealkylation sites (N-methyl/N-ethyl adjacent to an activating group) is 1. The van der Waals surface area contributed by atoms with Gasteiger partial charge < -0.3 is 4.90 Å². The molecule has 3 rings (SSSR count). The van der Waals surface area contributed by atoms with Crippen LogP contribution < -0.4 is 4.72 Å². The molecule has 0 aliphatic carbocycles. The number of ketones is 1. The molecule has 145 valence electrons. The molecule has 0 spiro atoms. The smallest absolute Gasteiger partial charge is 0.280 e. The van der Waals surface area contributed by atoms with Gasteiger partial charge in [-0.25, -0.2) is 4.98 Å². The summed E-state index contributed by atoms with van der Waals surface area (Å²) in [5.41, 5.74) is 0.884. The predicted octanol–water partition coefficient (Wildman–Crippen LogP) is 1.21. The largest absolute Gasteiger partial charge is 0.305 e. The van der Waals surface area contributed by atoms with Crippen molar-refractivity contribution in [3.8, 4) is 0 Å². The molecule has 1 aromatic carbocycles. The highest BCUT2D eigenvalue weighted by Crippen LogP contribution is 2.14. The molecule has 1 aliphatic rings. The van der Waals surface area contributed by atoms with Gasteiger partial charge in [0, 0.05) is 25.8 Å². The molecule has 1 radical (unpaired) electrons. The Bertz CT molecular complexity index is 841. The molecule has 1 aliphatic heterocycles. The average Bonchev–Trinajstić information content (AvgIpc) is 3.09. The first-order valence-corrected chi connectivity index (χ1v) is 11.1. The van der Waals surface area contributed by atoms with E-state index in [9.17, 15) is 13.2 Å². The van der Waals surface area contributed by atoms with Gasteiger partial charge in [-0.05, 0) is 32.0 Å². The van der Waals surface area contributed by atoms with Crippen LogP contribution >= 0.6 is 11.3 Å². The summed E-state index contributed by atoms with van der Waals surface area (Å²) >= 11 is 1.09. The Morgan fingerprint density at radius 3 is 2.74 bits per heavy atom. The molecule has 0 amide bonds. The van der Waals surface area contributed by atoms with E-state index in [0.717, 1.165) is 29.9 Å². The second-order valence-corrected chi connectivity index (χ2v) is 9.10. The number of nitrogens with one attached hydrogen (secondary N) is 1. The van der Waals surface area contributed by atoms with Crippen molar-refractivity contribution in [2.75, 3.05) is 33.2 Å². The third-order valence-electron chi connectivity index (χ3n) is 4.51. The van der Waals surface area contributed by atoms with E-state index in [1.54, 1.807) is 0 Å². The van der Waals surface area contributed by atoms with Crippen molar-refractivity contribution in [2.45, 2.75) is 18.9 Å². The van der Waals surface area contributed by atoms with Crippen molar-refractivity contribution in [3.63, 3.8) is 0 Å². The standard InChI is InChI=1S/C18H23N4O3S2/c1-21-9-5-10-22(12-11-21)27(24,25)20-16(14-15-6-3-2-4-7-15)17(23)18-19-8-13-26-18/h2-4,6-8,16,20H,5,9-12,14H2,1H3/t16-/m0/s1. The van der Waals surface area contributed by atoms with E-state index in [-0.39, 0.29) is 17.2 Å². The van der Waals surface area contributed by atoms with Crippen LogP contribution in [0, 0.1) is 5.38 Å². The number of Topliss-reactive ketones (excluding diaryl/α,β-unsaturated/α-hetero) is 1. The summed E-state index contributed by atoms with van der Waals surface area (Å²) in [5, 5.41) is 3.04. The average molecular weight is 408 g/mol. The second kappa shape index (κ2) is 9.03. The molecule has 9 heteroatoms. The predicted molar refractivity (Wildman–Crippen MR) is 105 cm³/mol. The van der Waals surface area contributed by atoms with Gasteiger partial charge in [-0.1, -0.05) is 30.3 Å². The minimum atomic E-state index is -3.78. The third kappa shape index (κ3) is 5.43. The third-order valence-corrected chi connectivity index (χ3v) is 6.86. The van der Waals surface area contributed by atoms with Crippen LogP contribution in [0.1, 0.15) is 21.8 Å². The number of thiazole rings is 1. The van der Waals surface area contributed by atoms with Crippen molar-refractivity contribution in [1.82, 2.24) is 18.9 Å². The fourth-order valence-electron chi connectivity index (χ4n) is 3.01. The quantitative estimate of drug-likeness (QED) is 0.698. The fourth-order valence-corrected chi connectivity index (χ4v) is 4.97. The van der Waals surface area contributed by atoms with Crippen LogP contribution in [0.2, 0.25) is 0 Å². The highest BCUT2D eigenvalue weighted by molar-refractivity contribution is 7.87. The fraction of sp³-hybridized carbons (Fsp3) is 0.444. The number of nitrogens with zero attached hydrogens (tertiary/aromatic N) is 3. The summed E-state index contributed by atoms with van der Waals surface area (Å²) < 4.78 is 29.9. The monoisotopic (exact) mass is 407 g/mol. The van der Waals surface area contributed by atoms with Crippen LogP contribution in [0.25, 0.3) is 0 Å². The molecule has 1 aromatic heterocycles. The summed E-state index contributed by atoms with van der Waals surface area (Å²) in [5.74, 6) is -0.333. The van der Waals surface area contributed by atoms with E-state index in [1.165, 1.54) is 10.5 Å². The molecule has 7 nitrogen and oxygen atoms in total. The maximum absolute atomic E-state index is 12.9. The number of rotatable bonds is 7. The Morgan fingerprint density at radius 2 is 2.04 bits per heavy atom. The van der Waals surface area contributed by atoms with Gasteiger partial charge in [0.1, 0.15) is 0 Å². The van der Waals surface area contributed by atoms with E-state index in [4.69, 9.17) is 0 Å². The van der Waals surface area contributed by atoms with Crippen molar-refractivity contribution in [3.05, 3.63) is 52.5 Å². The van der Waals surface area contributed by atoms with Gasteiger partial charge in [-0.3, -0.25) is 4.79 Å². The van der Waals surface area contributed by atoms with Crippen molar-refractivity contribution >= 4 is 27.3 Å². The molecule has 1 atom stereocenters. The first kappa shape index (κ1) is 20.1. The van der Waals surface area contributed by atoms with E-state index >= 15 is 0 Å². The molecular formula is C18H23N4O3S2. The molecule has 1 saturated heterocycles. The van der Waals surface area contributed by atoms with Crippen LogP contribution in [-0.2, 0) is 16.6 Å². The van der Waals surface area contributed by atoms with Gasteiger partial charge in [0.25, 0.3) is 10.2 Å². The van der Waals surface area contributed by atoms with Crippen LogP contribution in [0.4, 0.5) is 0 Å². The normalized spacial score (nSPS) is 18.1. The van der Waals surface area contributed by atoms with E-state index in [1.807, 2.05) is 37.4 Å². The summed E-state index contributed by atoms with van der Waals surface area (Å²) in [6.45, 7) is 2.37. The van der Waals surface area contributed by atoms with E-state index in [2.05, 4.69) is 20.0 Å². The Morgan fingerprint density at radius 1 is 1.26 bits per heavy atom. The number of aromatic nitrogens is 1. The molecule has 1 fully saturated rings. The van der Waals surface area contributed by atoms with Crippen LogP contribution in [0.15, 0.2) is 36.5 Å². The number of benzene rings is 1. The summed E-state index contributed by atoms with van der Waals surface area (Å²) in [4.78, 5) is 19.0. The molecule has 27 heavy (non-hydrogen) atoms. The van der Waals surface area contributed by atoms with E-state index in [0.29, 0.717) is 19.6 Å². The van der Waals surface area contributed by atoms with Gasteiger partial charge in [0.15, 0.2) is 5.01 Å².